The van der Waals surface area contributed by atoms with E-state index in [-0.39, 0.29) is 17.4 Å². The highest BCUT2D eigenvalue weighted by Gasteiger charge is 2.36. The number of rotatable bonds is 5. The second-order valence-electron chi connectivity index (χ2n) is 6.63. The van der Waals surface area contributed by atoms with Crippen molar-refractivity contribution in [2.24, 2.45) is 0 Å². The van der Waals surface area contributed by atoms with Crippen LogP contribution < -0.4 is 5.32 Å². The Morgan fingerprint density at radius 3 is 2.83 bits per heavy atom. The number of carbonyl (C=O) groups is 1. The highest BCUT2D eigenvalue weighted by atomic mass is 16.2. The molecule has 1 aromatic heterocycles. The van der Waals surface area contributed by atoms with E-state index in [1.807, 2.05) is 6.92 Å². The molecule has 2 aromatic rings. The van der Waals surface area contributed by atoms with Gasteiger partial charge in [-0.3, -0.25) is 4.79 Å². The Kier molecular flexibility index (Phi) is 4.46. The van der Waals surface area contributed by atoms with Crippen LogP contribution in [0.25, 0.3) is 0 Å². The lowest BCUT2D eigenvalue weighted by molar-refractivity contribution is -0.124. The lowest BCUT2D eigenvalue weighted by Crippen LogP contribution is -2.41. The zero-order chi connectivity index (χ0) is 16.3. The van der Waals surface area contributed by atoms with Gasteiger partial charge in [-0.05, 0) is 32.3 Å². The summed E-state index contributed by atoms with van der Waals surface area (Å²) in [6, 6.07) is 8.36. The molecule has 1 fully saturated rings. The third kappa shape index (κ3) is 3.28. The van der Waals surface area contributed by atoms with Gasteiger partial charge in [0.2, 0.25) is 5.91 Å². The Hall–Kier alpha value is -2.17. The van der Waals surface area contributed by atoms with E-state index in [2.05, 4.69) is 46.6 Å². The molecule has 5 nitrogen and oxygen atoms in total. The summed E-state index contributed by atoms with van der Waals surface area (Å²) in [7, 11) is 0. The van der Waals surface area contributed by atoms with Crippen LogP contribution in [0.15, 0.2) is 36.9 Å². The zero-order valence-corrected chi connectivity index (χ0v) is 13.8. The minimum Gasteiger partial charge on any atom is -0.353 e. The molecular formula is C18H24N4O. The maximum atomic E-state index is 12.4. The monoisotopic (exact) mass is 312 g/mol. The standard InChI is InChI=1S/C18H24N4O/c1-14-6-5-7-16(10-14)18(8-3-4-9-18)11-20-17(23)15(2)22-13-19-12-21-22/h5-7,10,12-13,15H,3-4,8-9,11H2,1-2H3,(H,20,23)/t15-/m0/s1. The first kappa shape index (κ1) is 15.7. The number of aryl methyl sites for hydroxylation is 1. The van der Waals surface area contributed by atoms with Crippen molar-refractivity contribution in [3.63, 3.8) is 0 Å². The molecule has 0 unspecified atom stereocenters. The third-order valence-corrected chi connectivity index (χ3v) is 5.00. The molecule has 0 saturated heterocycles. The first-order valence-corrected chi connectivity index (χ1v) is 8.30. The summed E-state index contributed by atoms with van der Waals surface area (Å²) < 4.78 is 1.59. The van der Waals surface area contributed by atoms with Gasteiger partial charge >= 0.3 is 0 Å². The summed E-state index contributed by atoms with van der Waals surface area (Å²) >= 11 is 0. The van der Waals surface area contributed by atoms with Crippen LogP contribution in [-0.2, 0) is 10.2 Å². The Bertz CT molecular complexity index is 659. The van der Waals surface area contributed by atoms with Gasteiger partial charge in [0.25, 0.3) is 0 Å². The molecule has 1 saturated carbocycles. The Labute approximate surface area is 137 Å². The van der Waals surface area contributed by atoms with Crippen LogP contribution in [-0.4, -0.2) is 27.2 Å². The topological polar surface area (TPSA) is 59.8 Å². The molecule has 23 heavy (non-hydrogen) atoms. The van der Waals surface area contributed by atoms with Crippen LogP contribution in [0, 0.1) is 6.92 Å². The summed E-state index contributed by atoms with van der Waals surface area (Å²) in [4.78, 5) is 16.3. The Morgan fingerprint density at radius 2 is 2.17 bits per heavy atom. The molecule has 122 valence electrons. The summed E-state index contributed by atoms with van der Waals surface area (Å²) in [6.07, 6.45) is 7.75. The third-order valence-electron chi connectivity index (χ3n) is 5.00. The van der Waals surface area contributed by atoms with Gasteiger partial charge in [-0.15, -0.1) is 0 Å². The number of nitrogens with zero attached hydrogens (tertiary/aromatic N) is 3. The van der Waals surface area contributed by atoms with Crippen LogP contribution in [0.1, 0.15) is 49.8 Å². The molecule has 1 aromatic carbocycles. The molecule has 1 N–H and O–H groups in total. The van der Waals surface area contributed by atoms with E-state index in [0.717, 1.165) is 12.8 Å². The molecule has 0 bridgehead atoms. The highest BCUT2D eigenvalue weighted by Crippen LogP contribution is 2.40. The fraction of sp³-hybridized carbons (Fsp3) is 0.500. The van der Waals surface area contributed by atoms with Gasteiger partial charge in [0.1, 0.15) is 18.7 Å². The lowest BCUT2D eigenvalue weighted by Gasteiger charge is -2.31. The van der Waals surface area contributed by atoms with Gasteiger partial charge in [0.15, 0.2) is 0 Å². The summed E-state index contributed by atoms with van der Waals surface area (Å²) in [5.74, 6) is -0.00516. The first-order chi connectivity index (χ1) is 11.1. The predicted molar refractivity (Wildman–Crippen MR) is 89.1 cm³/mol. The molecule has 0 radical (unpaired) electrons. The highest BCUT2D eigenvalue weighted by molar-refractivity contribution is 5.79. The Balaban J connectivity index is 1.72. The molecule has 5 heteroatoms. The molecule has 0 aliphatic heterocycles. The van der Waals surface area contributed by atoms with E-state index in [1.54, 1.807) is 11.0 Å². The van der Waals surface area contributed by atoms with Gasteiger partial charge < -0.3 is 5.32 Å². The molecule has 3 rings (SSSR count). The molecule has 1 heterocycles. The second kappa shape index (κ2) is 6.52. The van der Waals surface area contributed by atoms with E-state index in [4.69, 9.17) is 0 Å². The maximum absolute atomic E-state index is 12.4. The average molecular weight is 312 g/mol. The van der Waals surface area contributed by atoms with Crippen molar-refractivity contribution >= 4 is 5.91 Å². The SMILES string of the molecule is Cc1cccc(C2(CNC(=O)[C@H](C)n3cncn3)CCCC2)c1. The van der Waals surface area contributed by atoms with Crippen molar-refractivity contribution in [1.82, 2.24) is 20.1 Å². The van der Waals surface area contributed by atoms with Crippen molar-refractivity contribution in [2.75, 3.05) is 6.54 Å². The number of hydrogen-bond donors (Lipinski definition) is 1. The van der Waals surface area contributed by atoms with E-state index in [1.165, 1.54) is 30.3 Å². The number of amides is 1. The summed E-state index contributed by atoms with van der Waals surface area (Å²) in [6.45, 7) is 4.66. The number of aromatic nitrogens is 3. The molecular weight excluding hydrogens is 288 g/mol. The van der Waals surface area contributed by atoms with Crippen LogP contribution >= 0.6 is 0 Å². The normalized spacial score (nSPS) is 17.8. The number of benzene rings is 1. The van der Waals surface area contributed by atoms with Crippen molar-refractivity contribution in [2.45, 2.75) is 51.0 Å². The fourth-order valence-corrected chi connectivity index (χ4v) is 3.54. The summed E-state index contributed by atoms with van der Waals surface area (Å²) in [5.41, 5.74) is 2.70. The number of hydrogen-bond acceptors (Lipinski definition) is 3. The maximum Gasteiger partial charge on any atom is 0.244 e. The van der Waals surface area contributed by atoms with Crippen molar-refractivity contribution < 1.29 is 4.79 Å². The van der Waals surface area contributed by atoms with Gasteiger partial charge in [-0.1, -0.05) is 42.7 Å². The number of carbonyl (C=O) groups excluding carboxylic acids is 1. The van der Waals surface area contributed by atoms with Gasteiger partial charge in [-0.25, -0.2) is 9.67 Å². The quantitative estimate of drug-likeness (QED) is 0.923. The minimum atomic E-state index is -0.339. The van der Waals surface area contributed by atoms with Crippen LogP contribution in [0.2, 0.25) is 0 Å². The molecule has 0 spiro atoms. The molecule has 1 atom stereocenters. The number of nitrogens with one attached hydrogen (secondary N) is 1. The van der Waals surface area contributed by atoms with Gasteiger partial charge in [0.05, 0.1) is 0 Å². The lowest BCUT2D eigenvalue weighted by atomic mass is 9.78. The van der Waals surface area contributed by atoms with E-state index < -0.39 is 0 Å². The van der Waals surface area contributed by atoms with E-state index in [0.29, 0.717) is 6.54 Å². The second-order valence-corrected chi connectivity index (χ2v) is 6.63. The minimum absolute atomic E-state index is 0.00516. The first-order valence-electron chi connectivity index (χ1n) is 8.30. The van der Waals surface area contributed by atoms with Crippen LogP contribution in [0.5, 0.6) is 0 Å². The molecule has 1 amide bonds. The van der Waals surface area contributed by atoms with Crippen LogP contribution in [0.4, 0.5) is 0 Å². The molecule has 1 aliphatic rings. The van der Waals surface area contributed by atoms with Gasteiger partial charge in [-0.2, -0.15) is 5.10 Å². The van der Waals surface area contributed by atoms with E-state index in [9.17, 15) is 4.79 Å². The predicted octanol–water partition coefficient (Wildman–Crippen LogP) is 2.78. The fourth-order valence-electron chi connectivity index (χ4n) is 3.54. The van der Waals surface area contributed by atoms with Crippen LogP contribution in [0.3, 0.4) is 0 Å². The van der Waals surface area contributed by atoms with Crippen molar-refractivity contribution in [3.05, 3.63) is 48.0 Å². The van der Waals surface area contributed by atoms with Gasteiger partial charge in [0, 0.05) is 12.0 Å². The van der Waals surface area contributed by atoms with Crippen molar-refractivity contribution in [1.29, 1.82) is 0 Å². The Morgan fingerprint density at radius 1 is 1.39 bits per heavy atom. The largest absolute Gasteiger partial charge is 0.353 e. The average Bonchev–Trinajstić information content (AvgIpc) is 3.24. The molecule has 1 aliphatic carbocycles. The van der Waals surface area contributed by atoms with Crippen molar-refractivity contribution in [3.8, 4) is 0 Å². The smallest absolute Gasteiger partial charge is 0.244 e. The van der Waals surface area contributed by atoms with E-state index >= 15 is 0 Å². The summed E-state index contributed by atoms with van der Waals surface area (Å²) in [5, 5.41) is 7.19. The zero-order valence-electron chi connectivity index (χ0n) is 13.8.